The Kier molecular flexibility index (Phi) is 2.47. The van der Waals surface area contributed by atoms with Crippen molar-refractivity contribution in [3.63, 3.8) is 0 Å². The van der Waals surface area contributed by atoms with Gasteiger partial charge in [-0.05, 0) is 36.4 Å². The van der Waals surface area contributed by atoms with Gasteiger partial charge in [0.1, 0.15) is 5.65 Å². The van der Waals surface area contributed by atoms with Crippen LogP contribution in [0.15, 0.2) is 48.8 Å². The van der Waals surface area contributed by atoms with Crippen LogP contribution in [0.1, 0.15) is 11.1 Å². The molecule has 0 aliphatic heterocycles. The van der Waals surface area contributed by atoms with Crippen LogP contribution in [0.4, 0.5) is 5.69 Å². The molecule has 3 N–H and O–H groups in total. The Morgan fingerprint density at radius 3 is 2.61 bits per heavy atom. The Bertz CT molecular complexity index is 742. The van der Waals surface area contributed by atoms with Gasteiger partial charge < -0.3 is 10.7 Å². The van der Waals surface area contributed by atoms with E-state index in [1.807, 2.05) is 42.6 Å². The maximum atomic E-state index is 5.62. The second kappa shape index (κ2) is 4.27. The monoisotopic (exact) mass is 233 g/mol. The number of nitrogens with one attached hydrogen (secondary N) is 1. The molecule has 86 valence electrons. The molecular weight excluding hydrogens is 222 g/mol. The van der Waals surface area contributed by atoms with Gasteiger partial charge in [0.15, 0.2) is 0 Å². The normalized spacial score (nSPS) is 10.0. The van der Waals surface area contributed by atoms with E-state index in [0.717, 1.165) is 27.8 Å². The fourth-order valence-corrected chi connectivity index (χ4v) is 1.72. The molecule has 0 aliphatic carbocycles. The zero-order chi connectivity index (χ0) is 12.4. The van der Waals surface area contributed by atoms with Crippen LogP contribution in [0.2, 0.25) is 0 Å². The number of anilines is 1. The third-order valence-electron chi connectivity index (χ3n) is 2.66. The highest BCUT2D eigenvalue weighted by Crippen LogP contribution is 2.10. The summed E-state index contributed by atoms with van der Waals surface area (Å²) in [5, 5.41) is 1.07. The van der Waals surface area contributed by atoms with Crippen molar-refractivity contribution in [1.29, 1.82) is 0 Å². The van der Waals surface area contributed by atoms with Crippen LogP contribution in [0.5, 0.6) is 0 Å². The minimum atomic E-state index is 0.746. The fraction of sp³-hybridized carbons (Fsp3) is 0. The summed E-state index contributed by atoms with van der Waals surface area (Å²) < 4.78 is 0. The van der Waals surface area contributed by atoms with Gasteiger partial charge in [-0.3, -0.25) is 0 Å². The largest absolute Gasteiger partial charge is 0.399 e. The van der Waals surface area contributed by atoms with Crippen LogP contribution >= 0.6 is 0 Å². The molecule has 0 bridgehead atoms. The average molecular weight is 233 g/mol. The predicted molar refractivity (Wildman–Crippen MR) is 72.9 cm³/mol. The second-order valence-electron chi connectivity index (χ2n) is 4.01. The topological polar surface area (TPSA) is 54.7 Å². The number of nitrogen functional groups attached to an aromatic ring is 1. The lowest BCUT2D eigenvalue weighted by Crippen LogP contribution is -1.83. The van der Waals surface area contributed by atoms with Crippen molar-refractivity contribution in [1.82, 2.24) is 9.97 Å². The molecule has 2 heterocycles. The van der Waals surface area contributed by atoms with Crippen molar-refractivity contribution in [2.75, 3.05) is 5.73 Å². The number of rotatable bonds is 0. The third-order valence-corrected chi connectivity index (χ3v) is 2.66. The highest BCUT2D eigenvalue weighted by atomic mass is 14.8. The molecule has 0 amide bonds. The smallest absolute Gasteiger partial charge is 0.137 e. The summed E-state index contributed by atoms with van der Waals surface area (Å²) in [5.74, 6) is 6.18. The van der Waals surface area contributed by atoms with Crippen molar-refractivity contribution in [3.05, 3.63) is 59.9 Å². The van der Waals surface area contributed by atoms with E-state index in [9.17, 15) is 0 Å². The number of fused-ring (bicyclic) bond motifs is 1. The molecule has 3 aromatic rings. The zero-order valence-electron chi connectivity index (χ0n) is 9.64. The molecule has 0 unspecified atom stereocenters. The molecule has 0 fully saturated rings. The Morgan fingerprint density at radius 2 is 1.78 bits per heavy atom. The van der Waals surface area contributed by atoms with Crippen molar-refractivity contribution in [2.45, 2.75) is 0 Å². The van der Waals surface area contributed by atoms with Crippen LogP contribution in [0.3, 0.4) is 0 Å². The van der Waals surface area contributed by atoms with E-state index in [0.29, 0.717) is 0 Å². The van der Waals surface area contributed by atoms with Gasteiger partial charge in [-0.25, -0.2) is 4.98 Å². The van der Waals surface area contributed by atoms with Crippen LogP contribution in [-0.2, 0) is 0 Å². The van der Waals surface area contributed by atoms with E-state index in [1.165, 1.54) is 0 Å². The molecule has 0 radical (unpaired) electrons. The summed E-state index contributed by atoms with van der Waals surface area (Å²) in [6, 6.07) is 11.5. The number of aromatic nitrogens is 2. The Hall–Kier alpha value is -2.73. The Balaban J connectivity index is 1.94. The van der Waals surface area contributed by atoms with E-state index in [-0.39, 0.29) is 0 Å². The lowest BCUT2D eigenvalue weighted by Gasteiger charge is -1.93. The van der Waals surface area contributed by atoms with E-state index in [2.05, 4.69) is 21.8 Å². The molecular formula is C15H11N3. The second-order valence-corrected chi connectivity index (χ2v) is 4.01. The maximum Gasteiger partial charge on any atom is 0.137 e. The number of H-pyrrole nitrogens is 1. The lowest BCUT2D eigenvalue weighted by molar-refractivity contribution is 1.32. The van der Waals surface area contributed by atoms with Crippen molar-refractivity contribution >= 4 is 16.7 Å². The number of nitrogens with zero attached hydrogens (tertiary/aromatic N) is 1. The van der Waals surface area contributed by atoms with Gasteiger partial charge in [0, 0.05) is 34.6 Å². The number of benzene rings is 1. The summed E-state index contributed by atoms with van der Waals surface area (Å²) in [6.45, 7) is 0. The summed E-state index contributed by atoms with van der Waals surface area (Å²) in [4.78, 5) is 7.34. The molecule has 1 aromatic carbocycles. The van der Waals surface area contributed by atoms with Gasteiger partial charge in [0.25, 0.3) is 0 Å². The average Bonchev–Trinajstić information content (AvgIpc) is 2.85. The molecule has 3 rings (SSSR count). The SMILES string of the molecule is Nc1ccc(C#Cc2cnc3[nH]ccc3c2)cc1. The Labute approximate surface area is 105 Å². The first-order valence-corrected chi connectivity index (χ1v) is 5.62. The molecule has 0 atom stereocenters. The quantitative estimate of drug-likeness (QED) is 0.463. The summed E-state index contributed by atoms with van der Waals surface area (Å²) in [5.41, 5.74) is 9.10. The van der Waals surface area contributed by atoms with E-state index >= 15 is 0 Å². The molecule has 18 heavy (non-hydrogen) atoms. The third kappa shape index (κ3) is 2.04. The van der Waals surface area contributed by atoms with Gasteiger partial charge in [0.05, 0.1) is 0 Å². The van der Waals surface area contributed by atoms with Gasteiger partial charge in [-0.1, -0.05) is 11.8 Å². The van der Waals surface area contributed by atoms with Crippen LogP contribution in [-0.4, -0.2) is 9.97 Å². The van der Waals surface area contributed by atoms with E-state index in [4.69, 9.17) is 5.73 Å². The number of hydrogen-bond acceptors (Lipinski definition) is 2. The summed E-state index contributed by atoms with van der Waals surface area (Å²) >= 11 is 0. The molecule has 3 nitrogen and oxygen atoms in total. The predicted octanol–water partition coefficient (Wildman–Crippen LogP) is 2.54. The van der Waals surface area contributed by atoms with Crippen LogP contribution in [0.25, 0.3) is 11.0 Å². The molecule has 0 spiro atoms. The first-order chi connectivity index (χ1) is 8.81. The molecule has 0 saturated carbocycles. The summed E-state index contributed by atoms with van der Waals surface area (Å²) in [6.07, 6.45) is 3.64. The van der Waals surface area contributed by atoms with E-state index < -0.39 is 0 Å². The van der Waals surface area contributed by atoms with Gasteiger partial charge in [0.2, 0.25) is 0 Å². The highest BCUT2D eigenvalue weighted by molar-refractivity contribution is 5.76. The number of hydrogen-bond donors (Lipinski definition) is 2. The van der Waals surface area contributed by atoms with Crippen LogP contribution in [0, 0.1) is 11.8 Å². The first kappa shape index (κ1) is 10.4. The molecule has 3 heteroatoms. The maximum absolute atomic E-state index is 5.62. The minimum Gasteiger partial charge on any atom is -0.399 e. The standard InChI is InChI=1S/C15H11N3/c16-14-5-3-11(4-6-14)1-2-12-9-13-7-8-17-15(13)18-10-12/h3-10H,16H2,(H,17,18). The van der Waals surface area contributed by atoms with Gasteiger partial charge in [-0.2, -0.15) is 0 Å². The molecule has 0 saturated heterocycles. The molecule has 0 aliphatic rings. The minimum absolute atomic E-state index is 0.746. The number of pyridine rings is 1. The van der Waals surface area contributed by atoms with Gasteiger partial charge >= 0.3 is 0 Å². The van der Waals surface area contributed by atoms with Crippen LogP contribution < -0.4 is 5.73 Å². The summed E-state index contributed by atoms with van der Waals surface area (Å²) in [7, 11) is 0. The fourth-order valence-electron chi connectivity index (χ4n) is 1.72. The Morgan fingerprint density at radius 1 is 1.00 bits per heavy atom. The van der Waals surface area contributed by atoms with Crippen molar-refractivity contribution in [2.24, 2.45) is 0 Å². The number of nitrogens with two attached hydrogens (primary N) is 1. The van der Waals surface area contributed by atoms with Gasteiger partial charge in [-0.15, -0.1) is 0 Å². The van der Waals surface area contributed by atoms with Crippen molar-refractivity contribution < 1.29 is 0 Å². The zero-order valence-corrected chi connectivity index (χ0v) is 9.64. The number of aromatic amines is 1. The highest BCUT2D eigenvalue weighted by Gasteiger charge is 1.95. The van der Waals surface area contributed by atoms with E-state index in [1.54, 1.807) is 6.20 Å². The lowest BCUT2D eigenvalue weighted by atomic mass is 10.2. The first-order valence-electron chi connectivity index (χ1n) is 5.62. The van der Waals surface area contributed by atoms with Crippen molar-refractivity contribution in [3.8, 4) is 11.8 Å². The molecule has 2 aromatic heterocycles.